The molecule has 0 saturated carbocycles. The van der Waals surface area contributed by atoms with Gasteiger partial charge < -0.3 is 5.11 Å². The molecule has 0 bridgehead atoms. The molecule has 9 rings (SSSR count). The van der Waals surface area contributed by atoms with Crippen LogP contribution in [0.15, 0.2) is 158 Å². The summed E-state index contributed by atoms with van der Waals surface area (Å²) in [7, 11) is 0. The van der Waals surface area contributed by atoms with Gasteiger partial charge in [-0.1, -0.05) is 209 Å². The van der Waals surface area contributed by atoms with E-state index in [-0.39, 0.29) is 49.5 Å². The van der Waals surface area contributed by atoms with Gasteiger partial charge in [0.1, 0.15) is 11.6 Å². The van der Waals surface area contributed by atoms with Gasteiger partial charge in [-0.3, -0.25) is 9.55 Å². The molecule has 2 aromatic heterocycles. The second-order valence-electron chi connectivity index (χ2n) is 21.6. The standard InChI is InChI=1S/C65H66N3O.Pt/c1-40(2)43-21-23-45(24-22-43)47-31-32-66-58(38-47)51-34-49(44-17-14-13-15-18-44)33-50(35-51)54-19-16-20-60-61(54)67-63(57-37-48(41(3)4)36-55(42(5)6)62(57)69)68(60)59-30-29-53(65(10,11)12)39-56(59)46-25-27-52(28-26-46)64(7,8)9;/h13-34,36-42,69H,1-12H3;/q-1;/i40D;. The summed E-state index contributed by atoms with van der Waals surface area (Å²) in [5.74, 6) is 0.559. The molecule has 5 heteroatoms. The second-order valence-corrected chi connectivity index (χ2v) is 21.6. The van der Waals surface area contributed by atoms with Crippen molar-refractivity contribution in [1.29, 1.82) is 0 Å². The van der Waals surface area contributed by atoms with Crippen LogP contribution in [0.25, 0.3) is 83.9 Å². The number of hydrogen-bond donors (Lipinski definition) is 1. The Morgan fingerprint density at radius 1 is 0.543 bits per heavy atom. The number of phenolic OH excluding ortho intramolecular Hbond substituents is 1. The number of imidazole rings is 1. The molecule has 0 amide bonds. The van der Waals surface area contributed by atoms with Gasteiger partial charge >= 0.3 is 0 Å². The van der Waals surface area contributed by atoms with Crippen LogP contribution in [0.2, 0.25) is 0 Å². The molecule has 7 aromatic carbocycles. The molecule has 2 heterocycles. The summed E-state index contributed by atoms with van der Waals surface area (Å²) in [4.78, 5) is 10.6. The largest absolute Gasteiger partial charge is 0.507 e. The fourth-order valence-electron chi connectivity index (χ4n) is 9.35. The van der Waals surface area contributed by atoms with Gasteiger partial charge in [-0.2, -0.15) is 0 Å². The van der Waals surface area contributed by atoms with Crippen molar-refractivity contribution in [2.75, 3.05) is 0 Å². The molecule has 358 valence electrons. The number of pyridine rings is 1. The SMILES string of the molecule is [2H]C(C)(C)c1ccc(-c2ccnc(-c3[c-]c(-c4cccc5c4nc(-c4cc(C(C)C)cc(C(C)C)c4O)n5-c4ccc(C(C)(C)C)cc4-c4ccc(C(C)(C)C)cc4)cc(-c4ccccc4)c3)c2)cc1.[Pt]. The van der Waals surface area contributed by atoms with Crippen LogP contribution in [0.5, 0.6) is 5.75 Å². The van der Waals surface area contributed by atoms with E-state index < -0.39 is 5.89 Å². The maximum atomic E-state index is 12.4. The Labute approximate surface area is 432 Å². The van der Waals surface area contributed by atoms with E-state index in [4.69, 9.17) is 11.3 Å². The minimum absolute atomic E-state index is 0. The first-order valence-electron chi connectivity index (χ1n) is 25.0. The molecule has 0 atom stereocenters. The maximum Gasteiger partial charge on any atom is 0.148 e. The fourth-order valence-corrected chi connectivity index (χ4v) is 9.35. The van der Waals surface area contributed by atoms with Gasteiger partial charge in [-0.15, -0.1) is 23.8 Å². The number of phenols is 1. The van der Waals surface area contributed by atoms with Crippen LogP contribution in [0.3, 0.4) is 0 Å². The van der Waals surface area contributed by atoms with E-state index in [9.17, 15) is 5.11 Å². The molecular formula is C65H66N3OPt-. The third kappa shape index (κ3) is 9.99. The normalized spacial score (nSPS) is 12.4. The van der Waals surface area contributed by atoms with Crippen molar-refractivity contribution in [2.24, 2.45) is 0 Å². The van der Waals surface area contributed by atoms with Gasteiger partial charge in [-0.05, 0) is 109 Å². The first-order valence-corrected chi connectivity index (χ1v) is 24.5. The number of hydrogen-bond acceptors (Lipinski definition) is 3. The zero-order valence-corrected chi connectivity index (χ0v) is 45.0. The average Bonchev–Trinajstić information content (AvgIpc) is 3.72. The molecule has 0 fully saturated rings. The predicted molar refractivity (Wildman–Crippen MR) is 292 cm³/mol. The summed E-state index contributed by atoms with van der Waals surface area (Å²) in [5.41, 5.74) is 18.7. The van der Waals surface area contributed by atoms with E-state index in [0.717, 1.165) is 89.2 Å². The number of aromatic nitrogens is 3. The van der Waals surface area contributed by atoms with Crippen molar-refractivity contribution in [3.05, 3.63) is 192 Å². The van der Waals surface area contributed by atoms with Crippen LogP contribution in [0.1, 0.15) is 130 Å². The minimum atomic E-state index is -0.683. The van der Waals surface area contributed by atoms with Crippen LogP contribution < -0.4 is 0 Å². The van der Waals surface area contributed by atoms with Crippen molar-refractivity contribution in [3.63, 3.8) is 0 Å². The summed E-state index contributed by atoms with van der Waals surface area (Å²) in [6.45, 7) is 26.1. The summed E-state index contributed by atoms with van der Waals surface area (Å²) in [5, 5.41) is 12.4. The minimum Gasteiger partial charge on any atom is -0.507 e. The Morgan fingerprint density at radius 2 is 1.19 bits per heavy atom. The van der Waals surface area contributed by atoms with E-state index in [0.29, 0.717) is 11.4 Å². The van der Waals surface area contributed by atoms with E-state index in [1.165, 1.54) is 11.1 Å². The number of rotatable bonds is 10. The quantitative estimate of drug-likeness (QED) is 0.139. The number of para-hydroxylation sites is 1. The summed E-state index contributed by atoms with van der Waals surface area (Å²) < 4.78 is 10.8. The zero-order valence-electron chi connectivity index (χ0n) is 43.8. The summed E-state index contributed by atoms with van der Waals surface area (Å²) in [6, 6.07) is 57.8. The van der Waals surface area contributed by atoms with Gasteiger partial charge in [0, 0.05) is 39.9 Å². The Hall–Kier alpha value is -6.35. The predicted octanol–water partition coefficient (Wildman–Crippen LogP) is 17.9. The van der Waals surface area contributed by atoms with E-state index >= 15 is 0 Å². The first kappa shape index (κ1) is 48.7. The Morgan fingerprint density at radius 3 is 1.83 bits per heavy atom. The van der Waals surface area contributed by atoms with Gasteiger partial charge in [0.2, 0.25) is 0 Å². The Bertz CT molecular complexity index is 3360. The molecule has 0 spiro atoms. The van der Waals surface area contributed by atoms with Crippen LogP contribution in [0, 0.1) is 6.07 Å². The van der Waals surface area contributed by atoms with Crippen molar-refractivity contribution in [3.8, 4) is 78.6 Å². The first-order chi connectivity index (χ1) is 33.2. The third-order valence-corrected chi connectivity index (χ3v) is 13.6. The molecule has 0 aliphatic heterocycles. The van der Waals surface area contributed by atoms with Crippen LogP contribution in [-0.2, 0) is 31.9 Å². The molecule has 0 radical (unpaired) electrons. The van der Waals surface area contributed by atoms with Crippen LogP contribution in [0.4, 0.5) is 0 Å². The number of nitrogens with zero attached hydrogens (tertiary/aromatic N) is 3. The average molecular weight is 1100 g/mol. The van der Waals surface area contributed by atoms with Gasteiger partial charge in [0.15, 0.2) is 0 Å². The number of aromatic hydroxyl groups is 1. The molecule has 9 aromatic rings. The Kier molecular flexibility index (Phi) is 13.8. The third-order valence-electron chi connectivity index (χ3n) is 13.6. The van der Waals surface area contributed by atoms with E-state index in [2.05, 4.69) is 207 Å². The fraction of sp³-hybridized carbons (Fsp3) is 0.262. The van der Waals surface area contributed by atoms with Crippen molar-refractivity contribution in [2.45, 2.75) is 112 Å². The Balaban J connectivity index is 0.00000676. The molecule has 0 unspecified atom stereocenters. The molecular weight excluding hydrogens is 1030 g/mol. The summed E-state index contributed by atoms with van der Waals surface area (Å²) in [6.07, 6.45) is 1.87. The van der Waals surface area contributed by atoms with Crippen molar-refractivity contribution < 1.29 is 27.5 Å². The van der Waals surface area contributed by atoms with Gasteiger partial charge in [0.25, 0.3) is 0 Å². The van der Waals surface area contributed by atoms with Crippen LogP contribution >= 0.6 is 0 Å². The molecule has 1 N–H and O–H groups in total. The van der Waals surface area contributed by atoms with Crippen molar-refractivity contribution in [1.82, 2.24) is 14.5 Å². The molecule has 0 saturated heterocycles. The van der Waals surface area contributed by atoms with E-state index in [1.807, 2.05) is 44.3 Å². The topological polar surface area (TPSA) is 50.9 Å². The zero-order chi connectivity index (χ0) is 49.9. The number of fused-ring (bicyclic) bond motifs is 1. The van der Waals surface area contributed by atoms with E-state index in [1.54, 1.807) is 0 Å². The van der Waals surface area contributed by atoms with Crippen molar-refractivity contribution >= 4 is 11.0 Å². The molecule has 0 aliphatic carbocycles. The molecule has 4 nitrogen and oxygen atoms in total. The number of benzene rings is 7. The molecule has 70 heavy (non-hydrogen) atoms. The molecule has 0 aliphatic rings. The van der Waals surface area contributed by atoms with Gasteiger partial charge in [0.05, 0.1) is 22.3 Å². The summed E-state index contributed by atoms with van der Waals surface area (Å²) >= 11 is 0. The smallest absolute Gasteiger partial charge is 0.148 e. The monoisotopic (exact) mass is 1100 g/mol. The van der Waals surface area contributed by atoms with Crippen LogP contribution in [-0.4, -0.2) is 19.6 Å². The van der Waals surface area contributed by atoms with Gasteiger partial charge in [-0.25, -0.2) is 4.98 Å². The maximum absolute atomic E-state index is 12.4. The second kappa shape index (κ2) is 19.8.